The first-order valence-corrected chi connectivity index (χ1v) is 14.9. The molecule has 226 valence electrons. The molecule has 1 N–H and O–H groups in total. The fourth-order valence-corrected chi connectivity index (χ4v) is 5.98. The van der Waals surface area contributed by atoms with Gasteiger partial charge in [0.15, 0.2) is 0 Å². The summed E-state index contributed by atoms with van der Waals surface area (Å²) in [6.45, 7) is 4.89. The molecular formula is C32H29ClF2N6O3. The van der Waals surface area contributed by atoms with Crippen LogP contribution in [0.25, 0.3) is 33.4 Å². The SMILES string of the molecule is CC(C)n1cnc2cc(C(=O)Nc3ccc(OC(F)(F)Cl)cc3)cc(-c3cnc4c(c3)-c3nn(C5CCCCO5)cc3C4)c21. The number of anilines is 1. The second-order valence-corrected chi connectivity index (χ2v) is 11.8. The Balaban J connectivity index is 1.24. The normalized spacial score (nSPS) is 16.3. The Morgan fingerprint density at radius 3 is 2.68 bits per heavy atom. The number of hydrogen-bond acceptors (Lipinski definition) is 6. The van der Waals surface area contributed by atoms with Crippen LogP contribution in [0.2, 0.25) is 0 Å². The molecule has 1 unspecified atom stereocenters. The van der Waals surface area contributed by atoms with E-state index in [2.05, 4.69) is 45.7 Å². The van der Waals surface area contributed by atoms with Gasteiger partial charge in [0.2, 0.25) is 0 Å². The van der Waals surface area contributed by atoms with Crippen LogP contribution in [0.15, 0.2) is 61.2 Å². The van der Waals surface area contributed by atoms with E-state index in [-0.39, 0.29) is 23.9 Å². The summed E-state index contributed by atoms with van der Waals surface area (Å²) < 4.78 is 40.3. The van der Waals surface area contributed by atoms with E-state index in [1.807, 2.05) is 16.9 Å². The molecular weight excluding hydrogens is 590 g/mol. The average Bonchev–Trinajstić information content (AvgIpc) is 3.70. The first-order valence-electron chi connectivity index (χ1n) is 14.5. The summed E-state index contributed by atoms with van der Waals surface area (Å²) in [5.41, 5.74) is 4.12. The van der Waals surface area contributed by atoms with E-state index >= 15 is 0 Å². The highest BCUT2D eigenvalue weighted by Crippen LogP contribution is 2.40. The molecule has 0 saturated carbocycles. The van der Waals surface area contributed by atoms with Crippen LogP contribution in [0.1, 0.15) is 67.0 Å². The van der Waals surface area contributed by atoms with E-state index in [1.54, 1.807) is 12.4 Å². The third-order valence-electron chi connectivity index (χ3n) is 7.99. The number of halogens is 3. The molecule has 2 aromatic carbocycles. The van der Waals surface area contributed by atoms with Crippen LogP contribution < -0.4 is 10.1 Å². The molecule has 1 aliphatic carbocycles. The van der Waals surface area contributed by atoms with Crippen molar-refractivity contribution in [2.24, 2.45) is 0 Å². The lowest BCUT2D eigenvalue weighted by Gasteiger charge is -2.22. The van der Waals surface area contributed by atoms with Gasteiger partial charge in [-0.05, 0) is 75.6 Å². The highest BCUT2D eigenvalue weighted by Gasteiger charge is 2.29. The molecule has 7 rings (SSSR count). The second-order valence-electron chi connectivity index (χ2n) is 11.4. The number of hydrogen-bond donors (Lipinski definition) is 1. The van der Waals surface area contributed by atoms with Crippen LogP contribution in [0, 0.1) is 0 Å². The predicted octanol–water partition coefficient (Wildman–Crippen LogP) is 7.57. The number of fused-ring (bicyclic) bond motifs is 4. The number of ether oxygens (including phenoxy) is 2. The molecule has 1 saturated heterocycles. The molecule has 5 aromatic rings. The van der Waals surface area contributed by atoms with Gasteiger partial charge < -0.3 is 19.4 Å². The summed E-state index contributed by atoms with van der Waals surface area (Å²) in [4.78, 5) is 22.9. The van der Waals surface area contributed by atoms with Gasteiger partial charge in [0.05, 0.1) is 28.7 Å². The fourth-order valence-electron chi connectivity index (χ4n) is 5.89. The molecule has 2 aliphatic rings. The van der Waals surface area contributed by atoms with Crippen LogP contribution >= 0.6 is 11.6 Å². The van der Waals surface area contributed by atoms with Gasteiger partial charge in [-0.2, -0.15) is 5.10 Å². The number of nitrogens with one attached hydrogen (secondary N) is 1. The molecule has 4 heterocycles. The van der Waals surface area contributed by atoms with Crippen molar-refractivity contribution in [3.05, 3.63) is 78.0 Å². The first kappa shape index (κ1) is 28.4. The fraction of sp³-hybridized carbons (Fsp3) is 0.312. The smallest absolute Gasteiger partial charge is 0.420 e. The maximum absolute atomic E-state index is 13.4. The molecule has 1 fully saturated rings. The number of aromatic nitrogens is 5. The Labute approximate surface area is 256 Å². The van der Waals surface area contributed by atoms with Crippen LogP contribution in [0.5, 0.6) is 5.75 Å². The predicted molar refractivity (Wildman–Crippen MR) is 162 cm³/mol. The van der Waals surface area contributed by atoms with Crippen molar-refractivity contribution in [1.29, 1.82) is 0 Å². The van der Waals surface area contributed by atoms with Crippen LogP contribution in [-0.2, 0) is 11.2 Å². The van der Waals surface area contributed by atoms with Gasteiger partial charge in [-0.3, -0.25) is 9.78 Å². The molecule has 0 radical (unpaired) electrons. The summed E-state index contributed by atoms with van der Waals surface area (Å²) in [5.74, 6) is -0.513. The van der Waals surface area contributed by atoms with Crippen molar-refractivity contribution in [3.8, 4) is 28.1 Å². The zero-order chi connectivity index (χ0) is 30.6. The lowest BCUT2D eigenvalue weighted by atomic mass is 9.99. The molecule has 9 nitrogen and oxygen atoms in total. The monoisotopic (exact) mass is 618 g/mol. The largest absolute Gasteiger partial charge is 0.487 e. The van der Waals surface area contributed by atoms with E-state index in [9.17, 15) is 13.6 Å². The van der Waals surface area contributed by atoms with E-state index in [0.717, 1.165) is 65.0 Å². The second kappa shape index (κ2) is 11.0. The topological polar surface area (TPSA) is 96.1 Å². The van der Waals surface area contributed by atoms with E-state index in [4.69, 9.17) is 26.4 Å². The number of rotatable bonds is 7. The number of carbonyl (C=O) groups is 1. The summed E-state index contributed by atoms with van der Waals surface area (Å²) in [5, 5.41) is 7.74. The average molecular weight is 619 g/mol. The van der Waals surface area contributed by atoms with E-state index < -0.39 is 5.57 Å². The molecule has 1 amide bonds. The number of benzene rings is 2. The van der Waals surface area contributed by atoms with Crippen molar-refractivity contribution in [1.82, 2.24) is 24.3 Å². The highest BCUT2D eigenvalue weighted by atomic mass is 35.5. The van der Waals surface area contributed by atoms with Gasteiger partial charge in [0.1, 0.15) is 12.0 Å². The van der Waals surface area contributed by atoms with Crippen molar-refractivity contribution < 1.29 is 23.0 Å². The molecule has 44 heavy (non-hydrogen) atoms. The van der Waals surface area contributed by atoms with E-state index in [0.29, 0.717) is 23.2 Å². The standard InChI is InChI=1S/C32H29ClF2N6O3/c1-18(2)40-17-37-27-13-19(31(42)38-22-6-8-23(9-7-22)44-32(33,34)35)11-24(30(27)40)20-12-25-26(36-15-20)14-21-16-41(39-29(21)25)28-5-3-4-10-43-28/h6-9,11-13,15-18,28H,3-5,10,14H2,1-2H3,(H,38,42). The third kappa shape index (κ3) is 5.41. The van der Waals surface area contributed by atoms with Gasteiger partial charge in [-0.25, -0.2) is 9.67 Å². The zero-order valence-corrected chi connectivity index (χ0v) is 24.8. The molecule has 12 heteroatoms. The summed E-state index contributed by atoms with van der Waals surface area (Å²) in [7, 11) is 0. The molecule has 1 atom stereocenters. The molecule has 0 spiro atoms. The Morgan fingerprint density at radius 1 is 1.14 bits per heavy atom. The van der Waals surface area contributed by atoms with Crippen LogP contribution in [0.4, 0.5) is 14.5 Å². The van der Waals surface area contributed by atoms with Crippen molar-refractivity contribution in [2.45, 2.75) is 57.4 Å². The van der Waals surface area contributed by atoms with Gasteiger partial charge in [-0.15, -0.1) is 8.78 Å². The lowest BCUT2D eigenvalue weighted by molar-refractivity contribution is -0.0964. The van der Waals surface area contributed by atoms with Gasteiger partial charge >= 0.3 is 5.57 Å². The number of pyridine rings is 1. The lowest BCUT2D eigenvalue weighted by Crippen LogP contribution is -2.18. The summed E-state index contributed by atoms with van der Waals surface area (Å²) in [6.07, 6.45) is 9.47. The summed E-state index contributed by atoms with van der Waals surface area (Å²) in [6, 6.07) is 11.3. The van der Waals surface area contributed by atoms with Gasteiger partial charge in [0, 0.05) is 76.6 Å². The van der Waals surface area contributed by atoms with Crippen molar-refractivity contribution >= 4 is 34.2 Å². The molecule has 3 aromatic heterocycles. The molecule has 1 aliphatic heterocycles. The Kier molecular flexibility index (Phi) is 7.09. The maximum atomic E-state index is 13.4. The highest BCUT2D eigenvalue weighted by molar-refractivity contribution is 6.20. The number of alkyl halides is 3. The van der Waals surface area contributed by atoms with Crippen molar-refractivity contribution in [3.63, 3.8) is 0 Å². The Bertz CT molecular complexity index is 1870. The molecule has 0 bridgehead atoms. The maximum Gasteiger partial charge on any atom is 0.487 e. The summed E-state index contributed by atoms with van der Waals surface area (Å²) >= 11 is 4.85. The van der Waals surface area contributed by atoms with E-state index in [1.165, 1.54) is 24.3 Å². The third-order valence-corrected chi connectivity index (χ3v) is 8.06. The number of imidazole rings is 1. The van der Waals surface area contributed by atoms with Crippen molar-refractivity contribution in [2.75, 3.05) is 11.9 Å². The first-order chi connectivity index (χ1) is 21.1. The van der Waals surface area contributed by atoms with Gasteiger partial charge in [-0.1, -0.05) is 0 Å². The number of carbonyl (C=O) groups excluding carboxylic acids is 1. The zero-order valence-electron chi connectivity index (χ0n) is 24.1. The Hall–Kier alpha value is -4.35. The minimum Gasteiger partial charge on any atom is -0.420 e. The minimum absolute atomic E-state index is 0.0471. The van der Waals surface area contributed by atoms with Crippen LogP contribution in [-0.4, -0.2) is 42.4 Å². The quantitative estimate of drug-likeness (QED) is 0.185. The number of nitrogens with zero attached hydrogens (tertiary/aromatic N) is 5. The Morgan fingerprint density at radius 2 is 1.95 bits per heavy atom. The number of amides is 1. The minimum atomic E-state index is -3.83. The van der Waals surface area contributed by atoms with Gasteiger partial charge in [0.25, 0.3) is 5.91 Å². The van der Waals surface area contributed by atoms with Crippen LogP contribution in [0.3, 0.4) is 0 Å².